The van der Waals surface area contributed by atoms with Crippen molar-refractivity contribution in [2.24, 2.45) is 5.92 Å². The van der Waals surface area contributed by atoms with E-state index >= 15 is 0 Å². The lowest BCUT2D eigenvalue weighted by atomic mass is 9.95. The maximum absolute atomic E-state index is 11.1. The molecule has 0 aromatic heterocycles. The van der Waals surface area contributed by atoms with Gasteiger partial charge in [-0.15, -0.1) is 0 Å². The summed E-state index contributed by atoms with van der Waals surface area (Å²) < 4.78 is 4.62. The van der Waals surface area contributed by atoms with E-state index in [1.165, 1.54) is 71.2 Å². The van der Waals surface area contributed by atoms with Gasteiger partial charge >= 0.3 is 5.97 Å². The van der Waals surface area contributed by atoms with Crippen LogP contribution in [0.5, 0.6) is 0 Å². The topological polar surface area (TPSA) is 43.4 Å². The molecule has 0 aliphatic carbocycles. The molecule has 0 radical (unpaired) electrons. The van der Waals surface area contributed by atoms with Gasteiger partial charge in [0.2, 0.25) is 0 Å². The van der Waals surface area contributed by atoms with Crippen LogP contribution in [0.4, 0.5) is 0 Å². The summed E-state index contributed by atoms with van der Waals surface area (Å²) in [7, 11) is 1.44. The molecule has 0 bridgehead atoms. The molecule has 0 saturated heterocycles. The molecule has 1 unspecified atom stereocenters. The molecule has 23 heavy (non-hydrogen) atoms. The predicted octanol–water partition coefficient (Wildman–Crippen LogP) is 5.85. The molecule has 0 fully saturated rings. The van der Waals surface area contributed by atoms with Crippen LogP contribution in [0.15, 0.2) is 0 Å². The van der Waals surface area contributed by atoms with Crippen LogP contribution in [0, 0.1) is 5.92 Å². The molecule has 136 valence electrons. The molecule has 0 aromatic carbocycles. The van der Waals surface area contributed by atoms with Crippen LogP contribution in [0.2, 0.25) is 0 Å². The molecule has 3 nitrogen and oxygen atoms in total. The van der Waals surface area contributed by atoms with Crippen LogP contribution in [-0.4, -0.2) is 19.4 Å². The second-order valence-electron chi connectivity index (χ2n) is 6.69. The first-order valence-corrected chi connectivity index (χ1v) is 9.76. The summed E-state index contributed by atoms with van der Waals surface area (Å²) in [5, 5.41) is 0. The third-order valence-electron chi connectivity index (χ3n) is 4.55. The molecule has 0 aliphatic heterocycles. The normalized spacial score (nSPS) is 12.1. The summed E-state index contributed by atoms with van der Waals surface area (Å²) in [4.78, 5) is 22.1. The molecule has 0 N–H and O–H groups in total. The summed E-state index contributed by atoms with van der Waals surface area (Å²) in [6, 6.07) is 0. The summed E-state index contributed by atoms with van der Waals surface area (Å²) >= 11 is 0. The predicted molar refractivity (Wildman–Crippen MR) is 96.5 cm³/mol. The number of carbonyl (C=O) groups is 2. The van der Waals surface area contributed by atoms with Gasteiger partial charge in [0.25, 0.3) is 0 Å². The fourth-order valence-corrected chi connectivity index (χ4v) is 2.95. The van der Waals surface area contributed by atoms with Crippen LogP contribution >= 0.6 is 0 Å². The van der Waals surface area contributed by atoms with E-state index in [9.17, 15) is 9.59 Å². The molecule has 0 spiro atoms. The summed E-state index contributed by atoms with van der Waals surface area (Å²) in [6.45, 7) is 2.24. The highest BCUT2D eigenvalue weighted by atomic mass is 16.5. The molecule has 0 aromatic rings. The van der Waals surface area contributed by atoms with Crippen molar-refractivity contribution in [2.75, 3.05) is 7.11 Å². The molecular weight excluding hydrogens is 288 g/mol. The van der Waals surface area contributed by atoms with Crippen LogP contribution in [0.1, 0.15) is 103 Å². The minimum atomic E-state index is -0.103. The average Bonchev–Trinajstić information content (AvgIpc) is 2.57. The Morgan fingerprint density at radius 1 is 0.826 bits per heavy atom. The van der Waals surface area contributed by atoms with Gasteiger partial charge in [-0.1, -0.05) is 77.6 Å². The van der Waals surface area contributed by atoms with Crippen LogP contribution in [-0.2, 0) is 14.3 Å². The monoisotopic (exact) mass is 326 g/mol. The molecule has 0 saturated carbocycles. The number of unbranched alkanes of at least 4 members (excludes halogenated alkanes) is 10. The van der Waals surface area contributed by atoms with E-state index < -0.39 is 0 Å². The Balaban J connectivity index is 3.36. The fraction of sp³-hybridized carbons (Fsp3) is 0.900. The van der Waals surface area contributed by atoms with Gasteiger partial charge in [0.15, 0.2) is 0 Å². The smallest absolute Gasteiger partial charge is 0.305 e. The summed E-state index contributed by atoms with van der Waals surface area (Å²) in [5.74, 6) is 0.175. The summed E-state index contributed by atoms with van der Waals surface area (Å²) in [5.41, 5.74) is 0. The number of hydrogen-bond acceptors (Lipinski definition) is 3. The molecular formula is C20H38O3. The van der Waals surface area contributed by atoms with Crippen molar-refractivity contribution in [3.8, 4) is 0 Å². The number of rotatable bonds is 17. The zero-order chi connectivity index (χ0) is 17.2. The number of aldehydes is 1. The van der Waals surface area contributed by atoms with E-state index in [0.29, 0.717) is 6.42 Å². The molecule has 0 aliphatic rings. The Bertz CT molecular complexity index is 276. The van der Waals surface area contributed by atoms with Crippen molar-refractivity contribution < 1.29 is 14.3 Å². The fourth-order valence-electron chi connectivity index (χ4n) is 2.95. The SMILES string of the molecule is CCCCCCCCC(C=O)CCCCCCCCC(=O)OC. The van der Waals surface area contributed by atoms with Crippen LogP contribution in [0.25, 0.3) is 0 Å². The number of ether oxygens (including phenoxy) is 1. The van der Waals surface area contributed by atoms with E-state index in [1.807, 2.05) is 0 Å². The Morgan fingerprint density at radius 3 is 1.78 bits per heavy atom. The first-order valence-electron chi connectivity index (χ1n) is 9.76. The van der Waals surface area contributed by atoms with E-state index in [4.69, 9.17) is 0 Å². The molecule has 3 heteroatoms. The Kier molecular flexibility index (Phi) is 16.8. The summed E-state index contributed by atoms with van der Waals surface area (Å²) in [6.07, 6.45) is 18.4. The first-order chi connectivity index (χ1) is 11.2. The molecule has 0 heterocycles. The maximum Gasteiger partial charge on any atom is 0.305 e. The van der Waals surface area contributed by atoms with Crippen molar-refractivity contribution in [1.82, 2.24) is 0 Å². The van der Waals surface area contributed by atoms with Gasteiger partial charge in [0, 0.05) is 12.3 Å². The molecule has 0 rings (SSSR count). The highest BCUT2D eigenvalue weighted by molar-refractivity contribution is 5.68. The van der Waals surface area contributed by atoms with E-state index in [0.717, 1.165) is 32.1 Å². The molecule has 0 amide bonds. The number of methoxy groups -OCH3 is 1. The lowest BCUT2D eigenvalue weighted by Crippen LogP contribution is -2.02. The highest BCUT2D eigenvalue weighted by Crippen LogP contribution is 2.17. The third-order valence-corrected chi connectivity index (χ3v) is 4.55. The average molecular weight is 327 g/mol. The van der Waals surface area contributed by atoms with Gasteiger partial charge < -0.3 is 9.53 Å². The van der Waals surface area contributed by atoms with E-state index in [1.54, 1.807) is 0 Å². The first kappa shape index (κ1) is 22.1. The number of carbonyl (C=O) groups excluding carboxylic acids is 2. The quantitative estimate of drug-likeness (QED) is 0.191. The standard InChI is InChI=1S/C20H38O3/c1-3-4-5-6-9-12-15-19(18-21)16-13-10-7-8-11-14-17-20(22)23-2/h18-19H,3-17H2,1-2H3. The van der Waals surface area contributed by atoms with Crippen molar-refractivity contribution in [3.63, 3.8) is 0 Å². The zero-order valence-corrected chi connectivity index (χ0v) is 15.5. The van der Waals surface area contributed by atoms with Gasteiger partial charge in [0.05, 0.1) is 7.11 Å². The number of hydrogen-bond donors (Lipinski definition) is 0. The zero-order valence-electron chi connectivity index (χ0n) is 15.5. The third kappa shape index (κ3) is 15.8. The second kappa shape index (κ2) is 17.5. The highest BCUT2D eigenvalue weighted by Gasteiger charge is 2.06. The second-order valence-corrected chi connectivity index (χ2v) is 6.69. The van der Waals surface area contributed by atoms with Crippen molar-refractivity contribution in [2.45, 2.75) is 103 Å². The van der Waals surface area contributed by atoms with Crippen molar-refractivity contribution in [1.29, 1.82) is 0 Å². The van der Waals surface area contributed by atoms with Crippen LogP contribution < -0.4 is 0 Å². The largest absolute Gasteiger partial charge is 0.469 e. The van der Waals surface area contributed by atoms with Gasteiger partial charge in [-0.2, -0.15) is 0 Å². The van der Waals surface area contributed by atoms with Gasteiger partial charge in [-0.25, -0.2) is 0 Å². The maximum atomic E-state index is 11.1. The number of esters is 1. The lowest BCUT2D eigenvalue weighted by molar-refractivity contribution is -0.140. The minimum Gasteiger partial charge on any atom is -0.469 e. The Morgan fingerprint density at radius 2 is 1.30 bits per heavy atom. The van der Waals surface area contributed by atoms with Gasteiger partial charge in [-0.05, 0) is 19.3 Å². The van der Waals surface area contributed by atoms with E-state index in [2.05, 4.69) is 11.7 Å². The lowest BCUT2D eigenvalue weighted by Gasteiger charge is -2.10. The van der Waals surface area contributed by atoms with Gasteiger partial charge in [-0.3, -0.25) is 4.79 Å². The van der Waals surface area contributed by atoms with E-state index in [-0.39, 0.29) is 11.9 Å². The van der Waals surface area contributed by atoms with Crippen LogP contribution in [0.3, 0.4) is 0 Å². The van der Waals surface area contributed by atoms with Crippen molar-refractivity contribution >= 4 is 12.3 Å². The van der Waals surface area contributed by atoms with Gasteiger partial charge in [0.1, 0.15) is 6.29 Å². The van der Waals surface area contributed by atoms with Crippen molar-refractivity contribution in [3.05, 3.63) is 0 Å². The molecule has 1 atom stereocenters. The Labute approximate surface area is 143 Å². The minimum absolute atomic E-state index is 0.103. The Hall–Kier alpha value is -0.860.